The molecule has 0 unspecified atom stereocenters. The van der Waals surface area contributed by atoms with Gasteiger partial charge in [0.1, 0.15) is 0 Å². The Morgan fingerprint density at radius 1 is 1.36 bits per heavy atom. The summed E-state index contributed by atoms with van der Waals surface area (Å²) >= 11 is -2.30. The van der Waals surface area contributed by atoms with Crippen molar-refractivity contribution < 1.29 is 0 Å². The molecular formula is C11H19Cl2Tl. The molecule has 0 aromatic heterocycles. The standard InChI is InChI=1S/C9H13.C2H6.2ClH.Tl/c1-2-3-6-9-7-4-5-8-9;1-2;;;/h4,8H,2-3,6-7H2,1H3;1-2H3;2*1H;/q;;;;+2/p-2. The Balaban J connectivity index is 0.000000791. The van der Waals surface area contributed by atoms with Crippen LogP contribution in [0.3, 0.4) is 0 Å². The summed E-state index contributed by atoms with van der Waals surface area (Å²) in [6.45, 7) is 6.22. The van der Waals surface area contributed by atoms with Crippen molar-refractivity contribution in [2.24, 2.45) is 0 Å². The van der Waals surface area contributed by atoms with E-state index in [2.05, 4.69) is 19.1 Å². The molecule has 0 aliphatic heterocycles. The molecule has 0 aromatic rings. The second-order valence-electron chi connectivity index (χ2n) is 3.12. The van der Waals surface area contributed by atoms with Crippen LogP contribution in [-0.2, 0) is 0 Å². The first-order valence-electron chi connectivity index (χ1n) is 5.41. The molecule has 0 saturated carbocycles. The first-order valence-corrected chi connectivity index (χ1v) is 18.7. The molecule has 0 bridgehead atoms. The fraction of sp³-hybridized carbons (Fsp3) is 0.636. The summed E-state index contributed by atoms with van der Waals surface area (Å²) in [7, 11) is 11.9. The van der Waals surface area contributed by atoms with Gasteiger partial charge in [-0.3, -0.25) is 0 Å². The van der Waals surface area contributed by atoms with Crippen molar-refractivity contribution in [3.63, 3.8) is 0 Å². The Kier molecular flexibility index (Phi) is 9.87. The van der Waals surface area contributed by atoms with Crippen molar-refractivity contribution >= 4 is 36.9 Å². The molecule has 14 heavy (non-hydrogen) atoms. The third kappa shape index (κ3) is 5.76. The van der Waals surface area contributed by atoms with Crippen molar-refractivity contribution in [3.05, 3.63) is 20.9 Å². The summed E-state index contributed by atoms with van der Waals surface area (Å²) in [4.78, 5) is 0. The van der Waals surface area contributed by atoms with Crippen molar-refractivity contribution in [1.82, 2.24) is 0 Å². The van der Waals surface area contributed by atoms with Crippen LogP contribution in [0.5, 0.6) is 0 Å². The van der Waals surface area contributed by atoms with E-state index < -0.39 is 20.3 Å². The van der Waals surface area contributed by atoms with E-state index >= 15 is 0 Å². The number of hydrogen-bond acceptors (Lipinski definition) is 0. The van der Waals surface area contributed by atoms with E-state index in [4.69, 9.17) is 16.6 Å². The van der Waals surface area contributed by atoms with Crippen LogP contribution in [-0.4, -0.2) is 20.3 Å². The normalized spacial score (nSPS) is 14.1. The van der Waals surface area contributed by atoms with Gasteiger partial charge in [-0.15, -0.1) is 0 Å². The maximum absolute atomic E-state index is 5.96. The molecule has 1 rings (SSSR count). The van der Waals surface area contributed by atoms with Gasteiger partial charge in [0.25, 0.3) is 0 Å². The predicted molar refractivity (Wildman–Crippen MR) is 69.1 cm³/mol. The van der Waals surface area contributed by atoms with Crippen molar-refractivity contribution in [2.45, 2.75) is 46.5 Å². The number of unbranched alkanes of at least 4 members (excludes halogenated alkanes) is 1. The molecule has 0 spiro atoms. The van der Waals surface area contributed by atoms with E-state index in [1.54, 1.807) is 0 Å². The summed E-state index contributed by atoms with van der Waals surface area (Å²) in [6.07, 6.45) is 9.34. The fourth-order valence-corrected chi connectivity index (χ4v) is 6.56. The molecule has 0 N–H and O–H groups in total. The van der Waals surface area contributed by atoms with Gasteiger partial charge in [-0.1, -0.05) is 13.8 Å². The van der Waals surface area contributed by atoms with E-state index in [1.807, 2.05) is 13.8 Å². The Labute approximate surface area is 103 Å². The average Bonchev–Trinajstić information content (AvgIpc) is 2.66. The predicted octanol–water partition coefficient (Wildman–Crippen LogP) is 4.96. The molecular weight excluding hydrogens is 407 g/mol. The van der Waals surface area contributed by atoms with Crippen LogP contribution in [0.15, 0.2) is 20.9 Å². The zero-order valence-electron chi connectivity index (χ0n) is 9.32. The summed E-state index contributed by atoms with van der Waals surface area (Å²) in [5.41, 5.74) is 1.53. The van der Waals surface area contributed by atoms with E-state index in [0.29, 0.717) is 0 Å². The first kappa shape index (κ1) is 15.0. The molecule has 3 heteroatoms. The topological polar surface area (TPSA) is 0 Å². The van der Waals surface area contributed by atoms with Gasteiger partial charge in [-0.05, 0) is 0 Å². The van der Waals surface area contributed by atoms with Gasteiger partial charge in [-0.25, -0.2) is 0 Å². The van der Waals surface area contributed by atoms with Crippen LogP contribution >= 0.6 is 16.6 Å². The monoisotopic (exact) mass is 426 g/mol. The Hall–Kier alpha value is 0.982. The van der Waals surface area contributed by atoms with Crippen LogP contribution in [0.2, 0.25) is 0 Å². The zero-order valence-corrected chi connectivity index (χ0v) is 15.3. The van der Waals surface area contributed by atoms with Gasteiger partial charge in [0.15, 0.2) is 0 Å². The van der Waals surface area contributed by atoms with Gasteiger partial charge in [0.2, 0.25) is 0 Å². The third-order valence-electron chi connectivity index (χ3n) is 2.07. The molecule has 1 aliphatic rings. The van der Waals surface area contributed by atoms with Crippen LogP contribution in [0, 0.1) is 0 Å². The molecule has 0 nitrogen and oxygen atoms in total. The van der Waals surface area contributed by atoms with Gasteiger partial charge in [0, 0.05) is 0 Å². The zero-order chi connectivity index (χ0) is 11.0. The molecule has 0 radical (unpaired) electrons. The number of rotatable bonds is 4. The molecule has 0 aromatic carbocycles. The fourth-order valence-electron chi connectivity index (χ4n) is 1.33. The molecule has 0 heterocycles. The van der Waals surface area contributed by atoms with Gasteiger partial charge >= 0.3 is 90.4 Å². The summed E-state index contributed by atoms with van der Waals surface area (Å²) in [5, 5.41) is 0. The molecule has 0 amide bonds. The van der Waals surface area contributed by atoms with Crippen LogP contribution < -0.4 is 0 Å². The van der Waals surface area contributed by atoms with Crippen LogP contribution in [0.25, 0.3) is 0 Å². The number of halogens is 2. The van der Waals surface area contributed by atoms with Gasteiger partial charge < -0.3 is 0 Å². The van der Waals surface area contributed by atoms with Crippen LogP contribution in [0.4, 0.5) is 0 Å². The molecule has 0 saturated heterocycles. The van der Waals surface area contributed by atoms with Crippen LogP contribution in [0.1, 0.15) is 46.5 Å². The SMILES string of the molecule is CC.CCCCC1=C[C]([Tl]([Cl])[Cl])=CC1. The maximum atomic E-state index is 5.96. The first-order chi connectivity index (χ1) is 6.74. The van der Waals surface area contributed by atoms with E-state index in [0.717, 1.165) is 6.42 Å². The van der Waals surface area contributed by atoms with Crippen molar-refractivity contribution in [2.75, 3.05) is 0 Å². The summed E-state index contributed by atoms with van der Waals surface area (Å²) in [5.74, 6) is 0. The number of hydrogen-bond donors (Lipinski definition) is 0. The molecule has 1 aliphatic carbocycles. The van der Waals surface area contributed by atoms with E-state index in [1.165, 1.54) is 28.0 Å². The summed E-state index contributed by atoms with van der Waals surface area (Å²) in [6, 6.07) is 0. The Morgan fingerprint density at radius 2 is 2.00 bits per heavy atom. The minimum atomic E-state index is -2.30. The number of allylic oxidation sites excluding steroid dienone is 4. The quantitative estimate of drug-likeness (QED) is 0.557. The second-order valence-corrected chi connectivity index (χ2v) is 17.7. The van der Waals surface area contributed by atoms with Crippen molar-refractivity contribution in [1.29, 1.82) is 0 Å². The molecule has 0 fully saturated rings. The van der Waals surface area contributed by atoms with E-state index in [9.17, 15) is 0 Å². The Bertz CT molecular complexity index is 207. The van der Waals surface area contributed by atoms with Crippen molar-refractivity contribution in [3.8, 4) is 0 Å². The second kappa shape index (κ2) is 9.23. The molecule has 0 atom stereocenters. The van der Waals surface area contributed by atoms with Gasteiger partial charge in [-0.2, -0.15) is 0 Å². The van der Waals surface area contributed by atoms with Gasteiger partial charge in [0.05, 0.1) is 0 Å². The minimum absolute atomic E-state index is 1.10. The van der Waals surface area contributed by atoms with E-state index in [-0.39, 0.29) is 0 Å². The average molecular weight is 427 g/mol. The molecule has 80 valence electrons. The summed E-state index contributed by atoms with van der Waals surface area (Å²) < 4.78 is 1.30. The Morgan fingerprint density at radius 3 is 2.43 bits per heavy atom. The third-order valence-corrected chi connectivity index (χ3v) is 10.0.